The predicted octanol–water partition coefficient (Wildman–Crippen LogP) is 3.44. The molecule has 20 heavy (non-hydrogen) atoms. The number of pyridine rings is 1. The van der Waals surface area contributed by atoms with E-state index in [0.29, 0.717) is 28.7 Å². The zero-order valence-corrected chi connectivity index (χ0v) is 11.9. The molecule has 0 aliphatic carbocycles. The zero-order chi connectivity index (χ0) is 14.3. The van der Waals surface area contributed by atoms with Gasteiger partial charge in [-0.05, 0) is 36.5 Å². The highest BCUT2D eigenvalue weighted by Crippen LogP contribution is 2.35. The topological polar surface area (TPSA) is 42.1 Å². The molecule has 1 aliphatic rings. The van der Waals surface area contributed by atoms with E-state index in [4.69, 9.17) is 5.73 Å². The van der Waals surface area contributed by atoms with Crippen LogP contribution in [0.5, 0.6) is 0 Å². The molecule has 2 heterocycles. The van der Waals surface area contributed by atoms with Crippen molar-refractivity contribution in [2.45, 2.75) is 20.3 Å². The largest absolute Gasteiger partial charge is 0.398 e. The second-order valence-electron chi connectivity index (χ2n) is 5.89. The molecule has 3 nitrogen and oxygen atoms in total. The Morgan fingerprint density at radius 3 is 2.90 bits per heavy atom. The average Bonchev–Trinajstić information content (AvgIpc) is 2.43. The number of fused-ring (bicyclic) bond motifs is 1. The molecule has 4 heteroatoms. The number of nitrogens with two attached hydrogens (primary N) is 1. The van der Waals surface area contributed by atoms with E-state index in [1.165, 1.54) is 6.07 Å². The van der Waals surface area contributed by atoms with Gasteiger partial charge in [-0.2, -0.15) is 0 Å². The number of piperidine rings is 1. The molecule has 2 unspecified atom stereocenters. The Bertz CT molecular complexity index is 641. The van der Waals surface area contributed by atoms with Crippen LogP contribution in [-0.4, -0.2) is 18.1 Å². The predicted molar refractivity (Wildman–Crippen MR) is 81.3 cm³/mol. The molecule has 0 radical (unpaired) electrons. The number of hydrogen-bond donors (Lipinski definition) is 1. The monoisotopic (exact) mass is 273 g/mol. The number of anilines is 2. The molecule has 3 rings (SSSR count). The molecule has 0 bridgehead atoms. The number of nitrogen functional groups attached to an aromatic ring is 1. The van der Waals surface area contributed by atoms with E-state index in [2.05, 4.69) is 23.7 Å². The molecule has 0 amide bonds. The van der Waals surface area contributed by atoms with Gasteiger partial charge < -0.3 is 10.6 Å². The second-order valence-corrected chi connectivity index (χ2v) is 5.89. The highest BCUT2D eigenvalue weighted by Gasteiger charge is 2.26. The third kappa shape index (κ3) is 2.09. The molecule has 1 saturated heterocycles. The number of rotatable bonds is 1. The van der Waals surface area contributed by atoms with Gasteiger partial charge >= 0.3 is 0 Å². The van der Waals surface area contributed by atoms with Crippen molar-refractivity contribution in [2.75, 3.05) is 23.7 Å². The summed E-state index contributed by atoms with van der Waals surface area (Å²) in [5, 5.41) is 0.829. The highest BCUT2D eigenvalue weighted by molar-refractivity contribution is 5.98. The Morgan fingerprint density at radius 1 is 1.35 bits per heavy atom. The van der Waals surface area contributed by atoms with Crippen molar-refractivity contribution >= 4 is 22.3 Å². The molecule has 0 saturated carbocycles. The van der Waals surface area contributed by atoms with Crippen molar-refractivity contribution in [1.29, 1.82) is 0 Å². The lowest BCUT2D eigenvalue weighted by atomic mass is 9.88. The van der Waals surface area contributed by atoms with Gasteiger partial charge in [0.1, 0.15) is 0 Å². The van der Waals surface area contributed by atoms with E-state index < -0.39 is 0 Å². The molecule has 106 valence electrons. The van der Waals surface area contributed by atoms with Gasteiger partial charge in [0.05, 0.1) is 11.2 Å². The molecule has 1 aromatic heterocycles. The SMILES string of the molecule is CC1CCN(c2c(F)cc(N)c3cccnc23)CC1C. The van der Waals surface area contributed by atoms with Gasteiger partial charge in [-0.3, -0.25) is 4.98 Å². The Kier molecular flexibility index (Phi) is 3.24. The highest BCUT2D eigenvalue weighted by atomic mass is 19.1. The van der Waals surface area contributed by atoms with E-state index in [-0.39, 0.29) is 5.82 Å². The summed E-state index contributed by atoms with van der Waals surface area (Å²) in [5.41, 5.74) is 7.64. The van der Waals surface area contributed by atoms with Crippen LogP contribution >= 0.6 is 0 Å². The third-order valence-corrected chi connectivity index (χ3v) is 4.50. The van der Waals surface area contributed by atoms with Crippen LogP contribution in [0.2, 0.25) is 0 Å². The minimum absolute atomic E-state index is 0.268. The molecule has 2 aromatic rings. The fourth-order valence-electron chi connectivity index (χ4n) is 2.99. The first kappa shape index (κ1) is 13.2. The Hall–Kier alpha value is -1.84. The minimum Gasteiger partial charge on any atom is -0.398 e. The normalized spacial score (nSPS) is 23.2. The summed E-state index contributed by atoms with van der Waals surface area (Å²) in [4.78, 5) is 6.48. The lowest BCUT2D eigenvalue weighted by Crippen LogP contribution is -2.39. The van der Waals surface area contributed by atoms with E-state index in [0.717, 1.165) is 24.9 Å². The number of hydrogen-bond acceptors (Lipinski definition) is 3. The van der Waals surface area contributed by atoms with Crippen LogP contribution in [0, 0.1) is 17.7 Å². The third-order valence-electron chi connectivity index (χ3n) is 4.50. The van der Waals surface area contributed by atoms with Gasteiger partial charge in [0.2, 0.25) is 0 Å². The summed E-state index contributed by atoms with van der Waals surface area (Å²) < 4.78 is 14.4. The number of aromatic nitrogens is 1. The van der Waals surface area contributed by atoms with Crippen molar-refractivity contribution in [1.82, 2.24) is 4.98 Å². The van der Waals surface area contributed by atoms with E-state index in [1.54, 1.807) is 6.20 Å². The molecule has 1 fully saturated rings. The van der Waals surface area contributed by atoms with Crippen LogP contribution in [-0.2, 0) is 0 Å². The van der Waals surface area contributed by atoms with Crippen LogP contribution in [0.1, 0.15) is 20.3 Å². The maximum absolute atomic E-state index is 14.4. The summed E-state index contributed by atoms with van der Waals surface area (Å²) in [7, 11) is 0. The van der Waals surface area contributed by atoms with Crippen LogP contribution in [0.15, 0.2) is 24.4 Å². The molecule has 1 aliphatic heterocycles. The smallest absolute Gasteiger partial charge is 0.150 e. The summed E-state index contributed by atoms with van der Waals surface area (Å²) in [5.74, 6) is 0.970. The van der Waals surface area contributed by atoms with Crippen molar-refractivity contribution in [3.05, 3.63) is 30.2 Å². The first-order valence-electron chi connectivity index (χ1n) is 7.15. The van der Waals surface area contributed by atoms with E-state index >= 15 is 0 Å². The van der Waals surface area contributed by atoms with Gasteiger partial charge in [0.15, 0.2) is 5.82 Å². The quantitative estimate of drug-likeness (QED) is 0.809. The molecule has 2 atom stereocenters. The minimum atomic E-state index is -0.268. The standard InChI is InChI=1S/C16H20FN3/c1-10-5-7-20(9-11(10)2)16-13(17)8-14(18)12-4-3-6-19-15(12)16/h3-4,6,8,10-11H,5,7,9,18H2,1-2H3. The molecular weight excluding hydrogens is 253 g/mol. The second kappa shape index (κ2) is 4.93. The van der Waals surface area contributed by atoms with Crippen LogP contribution in [0.3, 0.4) is 0 Å². The summed E-state index contributed by atoms with van der Waals surface area (Å²) in [6.07, 6.45) is 2.78. The fraction of sp³-hybridized carbons (Fsp3) is 0.438. The zero-order valence-electron chi connectivity index (χ0n) is 11.9. The number of nitrogens with zero attached hydrogens (tertiary/aromatic N) is 2. The van der Waals surface area contributed by atoms with Gasteiger partial charge in [-0.1, -0.05) is 13.8 Å². The molecule has 0 spiro atoms. The molecular formula is C16H20FN3. The number of benzene rings is 1. The maximum Gasteiger partial charge on any atom is 0.150 e. The first-order chi connectivity index (χ1) is 9.58. The maximum atomic E-state index is 14.4. The van der Waals surface area contributed by atoms with Crippen molar-refractivity contribution in [3.63, 3.8) is 0 Å². The summed E-state index contributed by atoms with van der Waals surface area (Å²) >= 11 is 0. The van der Waals surface area contributed by atoms with Crippen molar-refractivity contribution < 1.29 is 4.39 Å². The number of halogens is 1. The van der Waals surface area contributed by atoms with E-state index in [9.17, 15) is 4.39 Å². The Balaban J connectivity index is 2.11. The average molecular weight is 273 g/mol. The fourth-order valence-corrected chi connectivity index (χ4v) is 2.99. The summed E-state index contributed by atoms with van der Waals surface area (Å²) in [6, 6.07) is 5.15. The lowest BCUT2D eigenvalue weighted by molar-refractivity contribution is 0.322. The summed E-state index contributed by atoms with van der Waals surface area (Å²) in [6.45, 7) is 6.23. The Labute approximate surface area is 118 Å². The van der Waals surface area contributed by atoms with Crippen LogP contribution in [0.25, 0.3) is 10.9 Å². The lowest BCUT2D eigenvalue weighted by Gasteiger charge is -2.37. The Morgan fingerprint density at radius 2 is 2.15 bits per heavy atom. The first-order valence-corrected chi connectivity index (χ1v) is 7.15. The van der Waals surface area contributed by atoms with Gasteiger partial charge in [-0.25, -0.2) is 4.39 Å². The van der Waals surface area contributed by atoms with Crippen LogP contribution in [0.4, 0.5) is 15.8 Å². The van der Waals surface area contributed by atoms with Gasteiger partial charge in [0, 0.05) is 30.4 Å². The van der Waals surface area contributed by atoms with Crippen molar-refractivity contribution in [3.8, 4) is 0 Å². The van der Waals surface area contributed by atoms with Crippen molar-refractivity contribution in [2.24, 2.45) is 11.8 Å². The van der Waals surface area contributed by atoms with Gasteiger partial charge in [0.25, 0.3) is 0 Å². The van der Waals surface area contributed by atoms with E-state index in [1.807, 2.05) is 12.1 Å². The molecule has 2 N–H and O–H groups in total. The van der Waals surface area contributed by atoms with Gasteiger partial charge in [-0.15, -0.1) is 0 Å². The van der Waals surface area contributed by atoms with Crippen LogP contribution < -0.4 is 10.6 Å². The molecule has 1 aromatic carbocycles.